The number of carbonyl (C=O) groups is 1. The first-order chi connectivity index (χ1) is 7.38. The van der Waals surface area contributed by atoms with E-state index in [9.17, 15) is 18.0 Å². The average Bonchev–Trinajstić information content (AvgIpc) is 2.91. The van der Waals surface area contributed by atoms with Crippen LogP contribution >= 0.6 is 0 Å². The van der Waals surface area contributed by atoms with Crippen LogP contribution in [0, 0.1) is 5.92 Å². The van der Waals surface area contributed by atoms with Gasteiger partial charge in [-0.15, -0.1) is 0 Å². The molecular formula is C10H17F3N2O. The molecule has 0 heterocycles. The molecule has 3 nitrogen and oxygen atoms in total. The number of nitrogens with one attached hydrogen (secondary N) is 1. The van der Waals surface area contributed by atoms with E-state index in [4.69, 9.17) is 0 Å². The maximum Gasteiger partial charge on any atom is 0.401 e. The second kappa shape index (κ2) is 5.52. The molecule has 6 heteroatoms. The third-order valence-electron chi connectivity index (χ3n) is 2.41. The number of hydrogen-bond acceptors (Lipinski definition) is 2. The third kappa shape index (κ3) is 5.95. The molecule has 1 rings (SSSR count). The number of carbonyl (C=O) groups excluding carboxylic acids is 1. The maximum absolute atomic E-state index is 11.9. The molecule has 0 bridgehead atoms. The van der Waals surface area contributed by atoms with Gasteiger partial charge in [0, 0.05) is 12.5 Å². The molecule has 1 amide bonds. The van der Waals surface area contributed by atoms with Crippen molar-refractivity contribution in [3.8, 4) is 0 Å². The lowest BCUT2D eigenvalue weighted by atomic mass is 10.3. The van der Waals surface area contributed by atoms with E-state index >= 15 is 0 Å². The van der Waals surface area contributed by atoms with Crippen LogP contribution in [0.2, 0.25) is 0 Å². The van der Waals surface area contributed by atoms with E-state index in [2.05, 4.69) is 5.32 Å². The van der Waals surface area contributed by atoms with Crippen LogP contribution < -0.4 is 5.32 Å². The van der Waals surface area contributed by atoms with Crippen molar-refractivity contribution in [2.75, 3.05) is 26.7 Å². The smallest absolute Gasteiger partial charge is 0.356 e. The van der Waals surface area contributed by atoms with Crippen LogP contribution in [0.25, 0.3) is 0 Å². The van der Waals surface area contributed by atoms with Crippen LogP contribution in [0.4, 0.5) is 13.2 Å². The van der Waals surface area contributed by atoms with Crippen LogP contribution in [-0.4, -0.2) is 43.7 Å². The van der Waals surface area contributed by atoms with Gasteiger partial charge in [-0.05, 0) is 32.9 Å². The quantitative estimate of drug-likeness (QED) is 0.709. The first kappa shape index (κ1) is 13.3. The zero-order valence-corrected chi connectivity index (χ0v) is 9.31. The zero-order valence-electron chi connectivity index (χ0n) is 9.31. The summed E-state index contributed by atoms with van der Waals surface area (Å²) in [6, 6.07) is 0. The Hall–Kier alpha value is -0.780. The molecule has 0 radical (unpaired) electrons. The van der Waals surface area contributed by atoms with Gasteiger partial charge in [0.15, 0.2) is 0 Å². The van der Waals surface area contributed by atoms with Gasteiger partial charge in [0.25, 0.3) is 0 Å². The number of halogens is 3. The van der Waals surface area contributed by atoms with Crippen LogP contribution in [0.5, 0.6) is 0 Å². The number of amides is 1. The molecule has 1 saturated carbocycles. The van der Waals surface area contributed by atoms with Gasteiger partial charge < -0.3 is 5.32 Å². The van der Waals surface area contributed by atoms with Gasteiger partial charge >= 0.3 is 6.18 Å². The van der Waals surface area contributed by atoms with E-state index in [0.29, 0.717) is 19.5 Å². The Morgan fingerprint density at radius 2 is 2.06 bits per heavy atom. The molecule has 0 spiro atoms. The van der Waals surface area contributed by atoms with Crippen molar-refractivity contribution < 1.29 is 18.0 Å². The summed E-state index contributed by atoms with van der Waals surface area (Å²) in [7, 11) is 1.43. The van der Waals surface area contributed by atoms with E-state index in [1.165, 1.54) is 11.9 Å². The molecule has 0 aromatic heterocycles. The highest BCUT2D eigenvalue weighted by molar-refractivity contribution is 5.80. The molecule has 0 aromatic rings. The van der Waals surface area contributed by atoms with Gasteiger partial charge in [0.1, 0.15) is 0 Å². The predicted molar refractivity (Wildman–Crippen MR) is 53.9 cm³/mol. The summed E-state index contributed by atoms with van der Waals surface area (Å²) in [4.78, 5) is 12.4. The monoisotopic (exact) mass is 238 g/mol. The standard InChI is InChI=1S/C10H17F3N2O/c1-15(7-10(11,12)13)6-2-5-14-9(16)8-3-4-8/h8H,2-7H2,1H3,(H,14,16). The van der Waals surface area contributed by atoms with Crippen molar-refractivity contribution >= 4 is 5.91 Å². The molecule has 0 saturated heterocycles. The average molecular weight is 238 g/mol. The fourth-order valence-electron chi connectivity index (χ4n) is 1.44. The minimum atomic E-state index is -4.15. The van der Waals surface area contributed by atoms with E-state index in [-0.39, 0.29) is 11.8 Å². The maximum atomic E-state index is 11.9. The molecule has 0 unspecified atom stereocenters. The topological polar surface area (TPSA) is 32.3 Å². The summed E-state index contributed by atoms with van der Waals surface area (Å²) in [5, 5.41) is 2.72. The highest BCUT2D eigenvalue weighted by Crippen LogP contribution is 2.28. The molecule has 0 aliphatic heterocycles. The van der Waals surface area contributed by atoms with Crippen molar-refractivity contribution in [2.24, 2.45) is 5.92 Å². The Morgan fingerprint density at radius 1 is 1.44 bits per heavy atom. The molecule has 16 heavy (non-hydrogen) atoms. The number of rotatable bonds is 6. The second-order valence-corrected chi connectivity index (χ2v) is 4.27. The van der Waals surface area contributed by atoms with Gasteiger partial charge in [0.2, 0.25) is 5.91 Å². The first-order valence-electron chi connectivity index (χ1n) is 5.41. The summed E-state index contributed by atoms with van der Waals surface area (Å²) >= 11 is 0. The normalized spacial score (nSPS) is 16.6. The van der Waals surface area contributed by atoms with E-state index in [1.807, 2.05) is 0 Å². The van der Waals surface area contributed by atoms with Crippen molar-refractivity contribution in [1.82, 2.24) is 10.2 Å². The van der Waals surface area contributed by atoms with Crippen LogP contribution in [0.15, 0.2) is 0 Å². The summed E-state index contributed by atoms with van der Waals surface area (Å²) < 4.78 is 35.8. The third-order valence-corrected chi connectivity index (χ3v) is 2.41. The summed E-state index contributed by atoms with van der Waals surface area (Å²) in [5.41, 5.74) is 0. The largest absolute Gasteiger partial charge is 0.401 e. The number of nitrogens with zero attached hydrogens (tertiary/aromatic N) is 1. The van der Waals surface area contributed by atoms with Crippen molar-refractivity contribution in [3.05, 3.63) is 0 Å². The Balaban J connectivity index is 1.99. The molecule has 1 fully saturated rings. The fraction of sp³-hybridized carbons (Fsp3) is 0.900. The summed E-state index contributed by atoms with van der Waals surface area (Å²) in [6.45, 7) is -0.106. The fourth-order valence-corrected chi connectivity index (χ4v) is 1.44. The lowest BCUT2D eigenvalue weighted by Gasteiger charge is -2.18. The first-order valence-corrected chi connectivity index (χ1v) is 5.41. The van der Waals surface area contributed by atoms with Gasteiger partial charge in [-0.3, -0.25) is 9.69 Å². The van der Waals surface area contributed by atoms with Crippen LogP contribution in [0.1, 0.15) is 19.3 Å². The lowest BCUT2D eigenvalue weighted by molar-refractivity contribution is -0.143. The van der Waals surface area contributed by atoms with Gasteiger partial charge in [-0.25, -0.2) is 0 Å². The Bertz CT molecular complexity index is 239. The predicted octanol–water partition coefficient (Wildman–Crippen LogP) is 1.40. The Morgan fingerprint density at radius 3 is 2.56 bits per heavy atom. The molecule has 94 valence electrons. The second-order valence-electron chi connectivity index (χ2n) is 4.27. The van der Waals surface area contributed by atoms with E-state index in [1.54, 1.807) is 0 Å². The number of hydrogen-bond donors (Lipinski definition) is 1. The van der Waals surface area contributed by atoms with Gasteiger partial charge in [0.05, 0.1) is 6.54 Å². The van der Waals surface area contributed by atoms with Gasteiger partial charge in [-0.1, -0.05) is 0 Å². The zero-order chi connectivity index (χ0) is 12.2. The summed E-state index contributed by atoms with van der Waals surface area (Å²) in [6.07, 6.45) is -1.71. The van der Waals surface area contributed by atoms with Crippen molar-refractivity contribution in [1.29, 1.82) is 0 Å². The Kier molecular flexibility index (Phi) is 4.58. The Labute approximate surface area is 93.0 Å². The molecule has 0 atom stereocenters. The highest BCUT2D eigenvalue weighted by atomic mass is 19.4. The van der Waals surface area contributed by atoms with Gasteiger partial charge in [-0.2, -0.15) is 13.2 Å². The van der Waals surface area contributed by atoms with Crippen LogP contribution in [-0.2, 0) is 4.79 Å². The van der Waals surface area contributed by atoms with E-state index in [0.717, 1.165) is 12.8 Å². The lowest BCUT2D eigenvalue weighted by Crippen LogP contribution is -2.34. The minimum absolute atomic E-state index is 0.0403. The van der Waals surface area contributed by atoms with Crippen molar-refractivity contribution in [3.63, 3.8) is 0 Å². The summed E-state index contributed by atoms with van der Waals surface area (Å²) in [5.74, 6) is 0.200. The highest BCUT2D eigenvalue weighted by Gasteiger charge is 2.30. The molecule has 1 aliphatic rings. The molecule has 1 N–H and O–H groups in total. The molecule has 0 aromatic carbocycles. The number of alkyl halides is 3. The molecule has 1 aliphatic carbocycles. The minimum Gasteiger partial charge on any atom is -0.356 e. The van der Waals surface area contributed by atoms with E-state index < -0.39 is 12.7 Å². The van der Waals surface area contributed by atoms with Crippen molar-refractivity contribution in [2.45, 2.75) is 25.4 Å². The molecular weight excluding hydrogens is 221 g/mol. The van der Waals surface area contributed by atoms with Crippen LogP contribution in [0.3, 0.4) is 0 Å². The SMILES string of the molecule is CN(CCCNC(=O)C1CC1)CC(F)(F)F.